The van der Waals surface area contributed by atoms with Gasteiger partial charge in [-0.3, -0.25) is 14.6 Å². The van der Waals surface area contributed by atoms with Crippen LogP contribution in [0.4, 0.5) is 0 Å². The lowest BCUT2D eigenvalue weighted by atomic mass is 9.95. The molecular weight excluding hydrogens is 462 g/mol. The number of amides is 2. The third-order valence-corrected chi connectivity index (χ3v) is 7.61. The number of pyridine rings is 1. The number of nitrogens with zero attached hydrogens (tertiary/aromatic N) is 4. The summed E-state index contributed by atoms with van der Waals surface area (Å²) in [6, 6.07) is 11.5. The number of benzene rings is 1. The van der Waals surface area contributed by atoms with Crippen LogP contribution in [0, 0.1) is 18.8 Å². The number of hydrogen-bond donors (Lipinski definition) is 1. The number of likely N-dealkylation sites (tertiary alicyclic amines) is 1. The van der Waals surface area contributed by atoms with Crippen molar-refractivity contribution in [2.45, 2.75) is 52.1 Å². The average Bonchev–Trinajstić information content (AvgIpc) is 3.24. The second-order valence-corrected chi connectivity index (χ2v) is 10.3. The van der Waals surface area contributed by atoms with Gasteiger partial charge < -0.3 is 14.8 Å². The van der Waals surface area contributed by atoms with Crippen LogP contribution in [0.25, 0.3) is 11.0 Å². The molecule has 0 radical (unpaired) electrons. The molecule has 2 unspecified atom stereocenters. The van der Waals surface area contributed by atoms with E-state index in [9.17, 15) is 9.59 Å². The molecule has 1 saturated heterocycles. The van der Waals surface area contributed by atoms with E-state index in [1.165, 1.54) is 0 Å². The van der Waals surface area contributed by atoms with E-state index in [-0.39, 0.29) is 24.3 Å². The third kappa shape index (κ3) is 5.82. The van der Waals surface area contributed by atoms with E-state index >= 15 is 0 Å². The highest BCUT2D eigenvalue weighted by Gasteiger charge is 2.27. The molecule has 0 saturated carbocycles. The van der Waals surface area contributed by atoms with Crippen molar-refractivity contribution in [3.05, 3.63) is 84.0 Å². The van der Waals surface area contributed by atoms with Gasteiger partial charge in [-0.1, -0.05) is 55.5 Å². The number of nitrogens with one attached hydrogen (secondary N) is 1. The number of aryl methyl sites for hydroxylation is 1. The zero-order chi connectivity index (χ0) is 25.8. The third-order valence-electron chi connectivity index (χ3n) is 7.61. The number of piperidine rings is 1. The first-order chi connectivity index (χ1) is 18.0. The Kier molecular flexibility index (Phi) is 7.49. The van der Waals surface area contributed by atoms with Gasteiger partial charge in [0.2, 0.25) is 5.91 Å². The maximum atomic E-state index is 13.4. The predicted octanol–water partition coefficient (Wildman–Crippen LogP) is 4.75. The summed E-state index contributed by atoms with van der Waals surface area (Å²) < 4.78 is 2.27. The van der Waals surface area contributed by atoms with Gasteiger partial charge in [0.1, 0.15) is 11.3 Å². The first-order valence-electron chi connectivity index (χ1n) is 13.3. The second kappa shape index (κ2) is 11.1. The van der Waals surface area contributed by atoms with Gasteiger partial charge in [0.25, 0.3) is 5.91 Å². The summed E-state index contributed by atoms with van der Waals surface area (Å²) in [6.07, 6.45) is 12.6. The molecule has 5 rings (SSSR count). The molecule has 7 heteroatoms. The van der Waals surface area contributed by atoms with Crippen LogP contribution < -0.4 is 5.32 Å². The van der Waals surface area contributed by atoms with Gasteiger partial charge in [-0.25, -0.2) is 4.98 Å². The van der Waals surface area contributed by atoms with E-state index in [1.54, 1.807) is 0 Å². The predicted molar refractivity (Wildman–Crippen MR) is 145 cm³/mol. The van der Waals surface area contributed by atoms with Gasteiger partial charge in [0.15, 0.2) is 0 Å². The van der Waals surface area contributed by atoms with Crippen LogP contribution in [0.3, 0.4) is 0 Å². The Morgan fingerprint density at radius 2 is 1.92 bits per heavy atom. The van der Waals surface area contributed by atoms with Gasteiger partial charge >= 0.3 is 0 Å². The lowest BCUT2D eigenvalue weighted by molar-refractivity contribution is -0.133. The minimum Gasteiger partial charge on any atom is -0.345 e. The molecule has 3 heterocycles. The Hall–Kier alpha value is -3.74. The second-order valence-electron chi connectivity index (χ2n) is 10.3. The van der Waals surface area contributed by atoms with Crippen LogP contribution in [0.1, 0.15) is 50.0 Å². The molecule has 2 aromatic heterocycles. The van der Waals surface area contributed by atoms with Crippen LogP contribution >= 0.6 is 0 Å². The number of imidazole rings is 1. The van der Waals surface area contributed by atoms with E-state index in [0.29, 0.717) is 17.4 Å². The summed E-state index contributed by atoms with van der Waals surface area (Å²) >= 11 is 0. The fraction of sp³-hybridized carbons (Fsp3) is 0.400. The van der Waals surface area contributed by atoms with Crippen LogP contribution in [-0.4, -0.2) is 44.3 Å². The van der Waals surface area contributed by atoms with Gasteiger partial charge in [-0.05, 0) is 49.7 Å². The van der Waals surface area contributed by atoms with Crippen molar-refractivity contribution in [2.24, 2.45) is 11.8 Å². The summed E-state index contributed by atoms with van der Waals surface area (Å²) in [6.45, 7) is 6.54. The van der Waals surface area contributed by atoms with Crippen molar-refractivity contribution >= 4 is 22.8 Å². The van der Waals surface area contributed by atoms with Gasteiger partial charge in [0, 0.05) is 31.4 Å². The summed E-state index contributed by atoms with van der Waals surface area (Å²) in [7, 11) is 0. The molecule has 7 nitrogen and oxygen atoms in total. The molecule has 2 aliphatic rings. The van der Waals surface area contributed by atoms with Gasteiger partial charge in [-0.2, -0.15) is 0 Å². The molecule has 1 fully saturated rings. The lowest BCUT2D eigenvalue weighted by Crippen LogP contribution is -2.41. The minimum absolute atomic E-state index is 0.0877. The summed E-state index contributed by atoms with van der Waals surface area (Å²) in [5.41, 5.74) is 3.66. The number of hydrogen-bond acceptors (Lipinski definition) is 4. The molecule has 0 bridgehead atoms. The molecule has 192 valence electrons. The highest BCUT2D eigenvalue weighted by Crippen LogP contribution is 2.26. The van der Waals surface area contributed by atoms with Crippen LogP contribution in [-0.2, 0) is 16.1 Å². The summed E-state index contributed by atoms with van der Waals surface area (Å²) in [5.74, 6) is 1.90. The number of aromatic nitrogens is 3. The average molecular weight is 498 g/mol. The molecule has 1 aliphatic carbocycles. The zero-order valence-corrected chi connectivity index (χ0v) is 21.6. The molecule has 1 aromatic carbocycles. The zero-order valence-electron chi connectivity index (χ0n) is 21.6. The SMILES string of the molecule is Cc1nc2cnccc2n1CC1CCN(C(=O)CC(NC(=O)C2=CCC(C)C=C2)c2ccccc2)CC1. The molecule has 1 aliphatic heterocycles. The van der Waals surface area contributed by atoms with Crippen molar-refractivity contribution in [1.29, 1.82) is 0 Å². The highest BCUT2D eigenvalue weighted by molar-refractivity contribution is 5.97. The topological polar surface area (TPSA) is 80.1 Å². The van der Waals surface area contributed by atoms with Crippen molar-refractivity contribution < 1.29 is 9.59 Å². The summed E-state index contributed by atoms with van der Waals surface area (Å²) in [4.78, 5) is 37.1. The maximum Gasteiger partial charge on any atom is 0.251 e. The Morgan fingerprint density at radius 1 is 1.14 bits per heavy atom. The fourth-order valence-electron chi connectivity index (χ4n) is 5.33. The van der Waals surface area contributed by atoms with Gasteiger partial charge in [0.05, 0.1) is 24.2 Å². The largest absolute Gasteiger partial charge is 0.345 e. The van der Waals surface area contributed by atoms with E-state index in [0.717, 1.165) is 61.3 Å². The lowest BCUT2D eigenvalue weighted by Gasteiger charge is -2.33. The van der Waals surface area contributed by atoms with E-state index < -0.39 is 0 Å². The number of allylic oxidation sites excluding steroid dienone is 2. The maximum absolute atomic E-state index is 13.4. The van der Waals surface area contributed by atoms with E-state index in [4.69, 9.17) is 0 Å². The summed E-state index contributed by atoms with van der Waals surface area (Å²) in [5, 5.41) is 3.13. The van der Waals surface area contributed by atoms with Crippen LogP contribution in [0.2, 0.25) is 0 Å². The van der Waals surface area contributed by atoms with Crippen molar-refractivity contribution in [3.63, 3.8) is 0 Å². The Bertz CT molecular complexity index is 1320. The number of carbonyl (C=O) groups is 2. The fourth-order valence-corrected chi connectivity index (χ4v) is 5.33. The van der Waals surface area contributed by atoms with E-state index in [2.05, 4.69) is 32.9 Å². The number of rotatable bonds is 7. The van der Waals surface area contributed by atoms with Crippen LogP contribution in [0.5, 0.6) is 0 Å². The van der Waals surface area contributed by atoms with Gasteiger partial charge in [-0.15, -0.1) is 0 Å². The molecule has 2 amide bonds. The van der Waals surface area contributed by atoms with Crippen LogP contribution in [0.15, 0.2) is 72.6 Å². The Labute approximate surface area is 218 Å². The monoisotopic (exact) mass is 497 g/mol. The molecule has 2 atom stereocenters. The number of fused-ring (bicyclic) bond motifs is 1. The Morgan fingerprint density at radius 3 is 2.65 bits per heavy atom. The minimum atomic E-state index is -0.360. The standard InChI is InChI=1S/C30H35N5O2/c1-21-8-10-25(11-9-21)30(37)33-26(24-6-4-3-5-7-24)18-29(36)34-16-13-23(14-17-34)20-35-22(2)32-27-19-31-15-12-28(27)35/h3-8,10-12,15,19,21,23,26H,9,13-14,16-18,20H2,1-2H3,(H,33,37). The molecular formula is C30H35N5O2. The smallest absolute Gasteiger partial charge is 0.251 e. The van der Waals surface area contributed by atoms with Crippen molar-refractivity contribution in [3.8, 4) is 0 Å². The Balaban J connectivity index is 1.20. The quantitative estimate of drug-likeness (QED) is 0.511. The molecule has 0 spiro atoms. The number of carbonyl (C=O) groups excluding carboxylic acids is 2. The van der Waals surface area contributed by atoms with Crippen molar-refractivity contribution in [1.82, 2.24) is 24.8 Å². The van der Waals surface area contributed by atoms with E-state index in [1.807, 2.05) is 72.8 Å². The normalized spacial score (nSPS) is 19.0. The first kappa shape index (κ1) is 24.9. The molecule has 1 N–H and O–H groups in total. The first-order valence-corrected chi connectivity index (χ1v) is 13.3. The molecule has 37 heavy (non-hydrogen) atoms. The highest BCUT2D eigenvalue weighted by atomic mass is 16.2. The molecule has 3 aromatic rings. The van der Waals surface area contributed by atoms with Crippen molar-refractivity contribution in [2.75, 3.05) is 13.1 Å².